The lowest BCUT2D eigenvalue weighted by Gasteiger charge is -1.95. The summed E-state index contributed by atoms with van der Waals surface area (Å²) in [6.45, 7) is 0. The number of hydrogen-bond acceptors (Lipinski definition) is 3. The third kappa shape index (κ3) is 1.26. The third-order valence-electron chi connectivity index (χ3n) is 0.677. The fraction of sp³-hybridized carbons (Fsp3) is 0.667. The van der Waals surface area contributed by atoms with E-state index in [1.807, 2.05) is 0 Å². The quantitative estimate of drug-likeness (QED) is 0.429. The van der Waals surface area contributed by atoms with E-state index >= 15 is 0 Å². The Morgan fingerprint density at radius 1 is 1.50 bits per heavy atom. The zero-order valence-corrected chi connectivity index (χ0v) is 6.78. The maximum absolute atomic E-state index is 10.5. The van der Waals surface area contributed by atoms with Gasteiger partial charge >= 0.3 is 0 Å². The van der Waals surface area contributed by atoms with Gasteiger partial charge in [0.15, 0.2) is 0 Å². The monoisotopic (exact) mass is 188 g/mol. The van der Waals surface area contributed by atoms with Gasteiger partial charge in [-0.15, -0.1) is 23.2 Å². The first-order chi connectivity index (χ1) is 3.72. The second kappa shape index (κ2) is 2.69. The molecule has 1 aliphatic rings. The second-order valence-corrected chi connectivity index (χ2v) is 4.80. The van der Waals surface area contributed by atoms with E-state index < -0.39 is 5.38 Å². The van der Waals surface area contributed by atoms with Gasteiger partial charge in [-0.1, -0.05) is 10.8 Å². The number of carbonyl (C=O) groups is 1. The fourth-order valence-electron chi connectivity index (χ4n) is 0.295. The first-order valence-electron chi connectivity index (χ1n) is 1.87. The average Bonchev–Trinajstić information content (AvgIpc) is 1.98. The van der Waals surface area contributed by atoms with Crippen LogP contribution in [0.15, 0.2) is 0 Å². The highest BCUT2D eigenvalue weighted by Crippen LogP contribution is 2.43. The molecule has 1 nitrogen and oxygen atoms in total. The highest BCUT2D eigenvalue weighted by molar-refractivity contribution is 8.83. The predicted molar refractivity (Wildman–Crippen MR) is 39.5 cm³/mol. The Labute approximate surface area is 64.9 Å². The Balaban J connectivity index is 2.56. The largest absolute Gasteiger partial charge is 0.285 e. The summed E-state index contributed by atoms with van der Waals surface area (Å²) in [6, 6.07) is 0. The van der Waals surface area contributed by atoms with Gasteiger partial charge in [0.1, 0.15) is 10.1 Å². The van der Waals surface area contributed by atoms with Crippen LogP contribution in [0.4, 0.5) is 0 Å². The Kier molecular flexibility index (Phi) is 2.37. The Bertz CT molecular complexity index is 118. The minimum Gasteiger partial charge on any atom is -0.285 e. The summed E-state index contributed by atoms with van der Waals surface area (Å²) < 4.78 is -0.242. The van der Waals surface area contributed by atoms with E-state index in [0.29, 0.717) is 0 Å². The van der Waals surface area contributed by atoms with E-state index in [4.69, 9.17) is 23.2 Å². The number of alkyl halides is 2. The molecule has 0 aromatic carbocycles. The van der Waals surface area contributed by atoms with Gasteiger partial charge in [-0.05, 0) is 10.8 Å². The molecular weight excluding hydrogens is 187 g/mol. The molecule has 0 aromatic heterocycles. The van der Waals surface area contributed by atoms with Gasteiger partial charge in [0.2, 0.25) is 5.12 Å². The van der Waals surface area contributed by atoms with E-state index in [1.54, 1.807) is 0 Å². The smallest absolute Gasteiger partial charge is 0.219 e. The number of hydrogen-bond donors (Lipinski definition) is 0. The molecule has 1 saturated heterocycles. The summed E-state index contributed by atoms with van der Waals surface area (Å²) in [5.74, 6) is 0. The van der Waals surface area contributed by atoms with Crippen molar-refractivity contribution in [3.05, 3.63) is 0 Å². The Morgan fingerprint density at radius 2 is 2.12 bits per heavy atom. The van der Waals surface area contributed by atoms with Gasteiger partial charge in [-0.25, -0.2) is 0 Å². The molecule has 0 spiro atoms. The lowest BCUT2D eigenvalue weighted by molar-refractivity contribution is -0.110. The molecule has 2 atom stereocenters. The normalized spacial score (nSPS) is 38.5. The van der Waals surface area contributed by atoms with Gasteiger partial charge in [-0.2, -0.15) is 0 Å². The molecule has 1 heterocycles. The second-order valence-electron chi connectivity index (χ2n) is 1.25. The van der Waals surface area contributed by atoms with Crippen molar-refractivity contribution in [2.45, 2.75) is 10.1 Å². The minimum atomic E-state index is -0.494. The van der Waals surface area contributed by atoms with Gasteiger partial charge in [0.25, 0.3) is 0 Å². The van der Waals surface area contributed by atoms with Crippen LogP contribution in [0.2, 0.25) is 0 Å². The van der Waals surface area contributed by atoms with Crippen molar-refractivity contribution in [3.63, 3.8) is 0 Å². The summed E-state index contributed by atoms with van der Waals surface area (Å²) in [7, 11) is 2.44. The van der Waals surface area contributed by atoms with E-state index in [2.05, 4.69) is 0 Å². The first-order valence-corrected chi connectivity index (χ1v) is 4.95. The zero-order chi connectivity index (χ0) is 6.15. The molecule has 0 amide bonds. The molecule has 8 heavy (non-hydrogen) atoms. The number of halogens is 2. The van der Waals surface area contributed by atoms with Crippen molar-refractivity contribution in [3.8, 4) is 0 Å². The van der Waals surface area contributed by atoms with Crippen molar-refractivity contribution in [2.24, 2.45) is 0 Å². The van der Waals surface area contributed by atoms with Crippen molar-refractivity contribution >= 4 is 49.9 Å². The van der Waals surface area contributed by atoms with Gasteiger partial charge in [0.05, 0.1) is 0 Å². The van der Waals surface area contributed by atoms with E-state index in [1.165, 1.54) is 10.8 Å². The van der Waals surface area contributed by atoms with Crippen LogP contribution in [-0.4, -0.2) is 15.2 Å². The van der Waals surface area contributed by atoms with Crippen LogP contribution in [-0.2, 0) is 4.79 Å². The van der Waals surface area contributed by atoms with Crippen LogP contribution in [0.1, 0.15) is 0 Å². The summed E-state index contributed by atoms with van der Waals surface area (Å²) in [5.41, 5.74) is 0. The van der Waals surface area contributed by atoms with E-state index in [0.717, 1.165) is 10.8 Å². The molecule has 2 unspecified atom stereocenters. The lowest BCUT2D eigenvalue weighted by Crippen LogP contribution is -2.11. The van der Waals surface area contributed by atoms with Crippen LogP contribution in [0.3, 0.4) is 0 Å². The Morgan fingerprint density at radius 3 is 2.25 bits per heavy atom. The first kappa shape index (κ1) is 7.06. The number of carbonyl (C=O) groups excluding carboxylic acids is 1. The molecule has 0 saturated carbocycles. The van der Waals surface area contributed by atoms with Crippen molar-refractivity contribution < 1.29 is 4.79 Å². The predicted octanol–water partition coefficient (Wildman–Crippen LogP) is 2.08. The molecule has 0 bridgehead atoms. The molecule has 0 aromatic rings. The van der Waals surface area contributed by atoms with Crippen molar-refractivity contribution in [2.75, 3.05) is 0 Å². The molecule has 1 rings (SSSR count). The standard InChI is InChI=1S/C3H2Cl2OS2/c4-1-2(5)7-8-3(1)6/h1-2H. The molecular formula is C3H2Cl2OS2. The summed E-state index contributed by atoms with van der Waals surface area (Å²) >= 11 is 11.0. The Hall–Kier alpha value is 0.950. The minimum absolute atomic E-state index is 0.0309. The van der Waals surface area contributed by atoms with Crippen molar-refractivity contribution in [1.29, 1.82) is 0 Å². The SMILES string of the molecule is O=C1SSC(Cl)C1Cl. The molecule has 0 N–H and O–H groups in total. The molecule has 5 heteroatoms. The van der Waals surface area contributed by atoms with Crippen LogP contribution in [0, 0.1) is 0 Å². The molecule has 1 aliphatic heterocycles. The van der Waals surface area contributed by atoms with E-state index in [9.17, 15) is 4.79 Å². The topological polar surface area (TPSA) is 17.1 Å². The van der Waals surface area contributed by atoms with Crippen LogP contribution in [0.25, 0.3) is 0 Å². The highest BCUT2D eigenvalue weighted by Gasteiger charge is 2.33. The van der Waals surface area contributed by atoms with E-state index in [-0.39, 0.29) is 9.82 Å². The summed E-state index contributed by atoms with van der Waals surface area (Å²) in [6.07, 6.45) is 0. The molecule has 1 fully saturated rings. The molecule has 0 aliphatic carbocycles. The fourth-order valence-corrected chi connectivity index (χ4v) is 3.37. The third-order valence-corrected chi connectivity index (χ3v) is 4.75. The van der Waals surface area contributed by atoms with Crippen molar-refractivity contribution in [1.82, 2.24) is 0 Å². The van der Waals surface area contributed by atoms with Crippen LogP contribution >= 0.6 is 44.8 Å². The summed E-state index contributed by atoms with van der Waals surface area (Å²) in [5, 5.41) is -0.525. The van der Waals surface area contributed by atoms with Crippen LogP contribution < -0.4 is 0 Å². The number of rotatable bonds is 0. The van der Waals surface area contributed by atoms with Crippen LogP contribution in [0.5, 0.6) is 0 Å². The molecule has 46 valence electrons. The maximum atomic E-state index is 10.5. The maximum Gasteiger partial charge on any atom is 0.219 e. The van der Waals surface area contributed by atoms with Gasteiger partial charge < -0.3 is 0 Å². The van der Waals surface area contributed by atoms with Gasteiger partial charge in [0, 0.05) is 0 Å². The molecule has 0 radical (unpaired) electrons. The average molecular weight is 189 g/mol. The highest BCUT2D eigenvalue weighted by atomic mass is 35.5. The lowest BCUT2D eigenvalue weighted by atomic mass is 10.5. The zero-order valence-electron chi connectivity index (χ0n) is 3.64. The van der Waals surface area contributed by atoms with Gasteiger partial charge in [-0.3, -0.25) is 4.79 Å². The summed E-state index contributed by atoms with van der Waals surface area (Å²) in [4.78, 5) is 10.5.